The number of nitrogens with zero attached hydrogens (tertiary/aromatic N) is 1. The van der Waals surface area contributed by atoms with Crippen molar-refractivity contribution in [1.29, 1.82) is 0 Å². The van der Waals surface area contributed by atoms with E-state index < -0.39 is 31.9 Å². The molecule has 1 N–H and O–H groups in total. The zero-order valence-corrected chi connectivity index (χ0v) is 17.7. The molecule has 3 rings (SSSR count). The van der Waals surface area contributed by atoms with Crippen LogP contribution in [0.5, 0.6) is 0 Å². The maximum Gasteiger partial charge on any atom is 0.262 e. The van der Waals surface area contributed by atoms with Crippen LogP contribution in [0.4, 0.5) is 11.4 Å². The van der Waals surface area contributed by atoms with Gasteiger partial charge in [0.15, 0.2) is 0 Å². The fraction of sp³-hybridized carbons (Fsp3) is 0.316. The van der Waals surface area contributed by atoms with Crippen molar-refractivity contribution in [2.24, 2.45) is 5.92 Å². The van der Waals surface area contributed by atoms with Crippen molar-refractivity contribution in [3.63, 3.8) is 0 Å². The number of anilines is 2. The lowest BCUT2D eigenvalue weighted by molar-refractivity contribution is -0.119. The molecule has 1 amide bonds. The fourth-order valence-electron chi connectivity index (χ4n) is 3.16. The van der Waals surface area contributed by atoms with Gasteiger partial charge in [0.25, 0.3) is 10.0 Å². The number of amides is 1. The lowest BCUT2D eigenvalue weighted by atomic mass is 10.1. The molecule has 150 valence electrons. The van der Waals surface area contributed by atoms with Gasteiger partial charge in [0.1, 0.15) is 0 Å². The summed E-state index contributed by atoms with van der Waals surface area (Å²) in [5, 5.41) is 0. The number of rotatable bonds is 4. The van der Waals surface area contributed by atoms with Crippen LogP contribution in [0.25, 0.3) is 0 Å². The molecule has 1 aliphatic heterocycles. The molecule has 1 aliphatic rings. The molecule has 0 bridgehead atoms. The second-order valence-corrected chi connectivity index (χ2v) is 10.6. The van der Waals surface area contributed by atoms with Crippen molar-refractivity contribution in [3.8, 4) is 0 Å². The number of aryl methyl sites for hydroxylation is 3. The number of hydrogen-bond donors (Lipinski definition) is 1. The van der Waals surface area contributed by atoms with Crippen molar-refractivity contribution in [1.82, 2.24) is 0 Å². The Hall–Kier alpha value is -2.39. The maximum absolute atomic E-state index is 12.8. The Labute approximate surface area is 165 Å². The first-order valence-electron chi connectivity index (χ1n) is 8.70. The van der Waals surface area contributed by atoms with Crippen molar-refractivity contribution in [2.45, 2.75) is 32.6 Å². The molecule has 2 aromatic carbocycles. The minimum Gasteiger partial charge on any atom is -0.280 e. The summed E-state index contributed by atoms with van der Waals surface area (Å²) in [5.74, 6) is -1.39. The quantitative estimate of drug-likeness (QED) is 0.816. The third-order valence-electron chi connectivity index (χ3n) is 4.80. The monoisotopic (exact) mass is 422 g/mol. The predicted octanol–water partition coefficient (Wildman–Crippen LogP) is 2.73. The summed E-state index contributed by atoms with van der Waals surface area (Å²) in [7, 11) is -7.61. The summed E-state index contributed by atoms with van der Waals surface area (Å²) in [4.78, 5) is 12.3. The number of carbonyl (C=O) groups excluding carboxylic acids is 1. The second-order valence-electron chi connectivity index (χ2n) is 7.14. The highest BCUT2D eigenvalue weighted by Crippen LogP contribution is 2.31. The molecule has 0 spiro atoms. The molecular formula is C19H22N2O5S2. The summed E-state index contributed by atoms with van der Waals surface area (Å²) in [6, 6.07) is 9.32. The van der Waals surface area contributed by atoms with Crippen LogP contribution in [0.1, 0.15) is 23.6 Å². The first kappa shape index (κ1) is 20.3. The number of benzene rings is 2. The van der Waals surface area contributed by atoms with Gasteiger partial charge in [0.2, 0.25) is 15.9 Å². The van der Waals surface area contributed by atoms with E-state index in [4.69, 9.17) is 0 Å². The molecule has 2 aromatic rings. The van der Waals surface area contributed by atoms with Crippen molar-refractivity contribution >= 4 is 37.3 Å². The topological polar surface area (TPSA) is 101 Å². The first-order chi connectivity index (χ1) is 12.9. The zero-order chi connectivity index (χ0) is 20.9. The van der Waals surface area contributed by atoms with E-state index in [2.05, 4.69) is 4.72 Å². The zero-order valence-electron chi connectivity index (χ0n) is 16.1. The molecule has 9 heteroatoms. The van der Waals surface area contributed by atoms with E-state index in [-0.39, 0.29) is 16.3 Å². The van der Waals surface area contributed by atoms with Gasteiger partial charge in [-0.2, -0.15) is 0 Å². The Kier molecular flexibility index (Phi) is 5.01. The predicted molar refractivity (Wildman–Crippen MR) is 108 cm³/mol. The van der Waals surface area contributed by atoms with E-state index in [9.17, 15) is 21.6 Å². The third kappa shape index (κ3) is 3.64. The Morgan fingerprint density at radius 1 is 1.00 bits per heavy atom. The lowest BCUT2D eigenvalue weighted by Crippen LogP contribution is -2.30. The molecule has 7 nitrogen and oxygen atoms in total. The molecule has 28 heavy (non-hydrogen) atoms. The van der Waals surface area contributed by atoms with Crippen LogP contribution >= 0.6 is 0 Å². The summed E-state index contributed by atoms with van der Waals surface area (Å²) in [5.41, 5.74) is 2.94. The van der Waals surface area contributed by atoms with Gasteiger partial charge in [-0.15, -0.1) is 0 Å². The maximum atomic E-state index is 12.8. The minimum atomic E-state index is -3.87. The third-order valence-corrected chi connectivity index (χ3v) is 8.21. The molecule has 1 heterocycles. The van der Waals surface area contributed by atoms with E-state index in [0.29, 0.717) is 11.3 Å². The number of carbonyl (C=O) groups is 1. The van der Waals surface area contributed by atoms with Gasteiger partial charge < -0.3 is 0 Å². The number of nitrogens with one attached hydrogen (secondary N) is 1. The van der Waals surface area contributed by atoms with E-state index in [1.54, 1.807) is 26.0 Å². The van der Waals surface area contributed by atoms with Gasteiger partial charge in [-0.05, 0) is 67.8 Å². The van der Waals surface area contributed by atoms with Gasteiger partial charge in [0.05, 0.1) is 22.3 Å². The van der Waals surface area contributed by atoms with Crippen LogP contribution in [0, 0.1) is 26.7 Å². The van der Waals surface area contributed by atoms with Gasteiger partial charge >= 0.3 is 0 Å². The van der Waals surface area contributed by atoms with Crippen molar-refractivity contribution in [3.05, 3.63) is 53.1 Å². The van der Waals surface area contributed by atoms with E-state index in [1.165, 1.54) is 18.2 Å². The molecule has 1 saturated heterocycles. The van der Waals surface area contributed by atoms with Gasteiger partial charge in [-0.25, -0.2) is 21.1 Å². The van der Waals surface area contributed by atoms with Gasteiger partial charge in [-0.3, -0.25) is 9.52 Å². The number of sulfonamides is 2. The normalized spacial score (nSPS) is 19.1. The molecule has 0 aliphatic carbocycles. The summed E-state index contributed by atoms with van der Waals surface area (Å²) in [6.45, 7) is 6.95. The average molecular weight is 423 g/mol. The van der Waals surface area contributed by atoms with E-state index in [0.717, 1.165) is 15.4 Å². The first-order valence-corrected chi connectivity index (χ1v) is 11.8. The molecule has 1 atom stereocenters. The van der Waals surface area contributed by atoms with Gasteiger partial charge in [0, 0.05) is 5.69 Å². The lowest BCUT2D eigenvalue weighted by Gasteiger charge is -2.17. The second kappa shape index (κ2) is 6.89. The molecule has 0 saturated carbocycles. The van der Waals surface area contributed by atoms with Crippen LogP contribution in [-0.4, -0.2) is 28.5 Å². The van der Waals surface area contributed by atoms with Crippen molar-refractivity contribution < 1.29 is 21.6 Å². The van der Waals surface area contributed by atoms with Crippen LogP contribution in [0.2, 0.25) is 0 Å². The summed E-state index contributed by atoms with van der Waals surface area (Å²) < 4.78 is 53.4. The van der Waals surface area contributed by atoms with E-state index in [1.807, 2.05) is 19.9 Å². The molecule has 0 aromatic heterocycles. The molecular weight excluding hydrogens is 400 g/mol. The average Bonchev–Trinajstić information content (AvgIpc) is 2.77. The fourth-order valence-corrected chi connectivity index (χ4v) is 6.25. The molecule has 1 fully saturated rings. The smallest absolute Gasteiger partial charge is 0.262 e. The van der Waals surface area contributed by atoms with Crippen LogP contribution in [-0.2, 0) is 24.8 Å². The van der Waals surface area contributed by atoms with Crippen molar-refractivity contribution in [2.75, 3.05) is 14.8 Å². The SMILES string of the molecule is Cc1ccc(NS(=O)(=O)c2ccc(N3C(=O)C(C)CS3(=O)=O)cc2C)cc1C. The standard InChI is InChI=1S/C19H22N2O5S2/c1-12-5-6-16(9-13(12)2)20-28(25,26)18-8-7-17(10-14(18)3)21-19(22)15(4)11-27(21,23)24/h5-10,15,20H,11H2,1-4H3. The van der Waals surface area contributed by atoms with Crippen LogP contribution in [0.15, 0.2) is 41.3 Å². The highest BCUT2D eigenvalue weighted by molar-refractivity contribution is 7.94. The Bertz CT molecular complexity index is 1170. The van der Waals surface area contributed by atoms with Gasteiger partial charge in [-0.1, -0.05) is 13.0 Å². The Balaban J connectivity index is 1.96. The minimum absolute atomic E-state index is 0.0200. The summed E-state index contributed by atoms with van der Waals surface area (Å²) >= 11 is 0. The Morgan fingerprint density at radius 3 is 2.21 bits per heavy atom. The molecule has 0 radical (unpaired) electrons. The largest absolute Gasteiger partial charge is 0.280 e. The highest BCUT2D eigenvalue weighted by atomic mass is 32.2. The molecule has 1 unspecified atom stereocenters. The van der Waals surface area contributed by atoms with E-state index >= 15 is 0 Å². The summed E-state index contributed by atoms with van der Waals surface area (Å²) in [6.07, 6.45) is 0. The number of hydrogen-bond acceptors (Lipinski definition) is 5. The highest BCUT2D eigenvalue weighted by Gasteiger charge is 2.42. The van der Waals surface area contributed by atoms with Crippen LogP contribution < -0.4 is 9.03 Å². The Morgan fingerprint density at radius 2 is 1.68 bits per heavy atom. The van der Waals surface area contributed by atoms with Crippen LogP contribution in [0.3, 0.4) is 0 Å².